The fourth-order valence-electron chi connectivity index (χ4n) is 3.73. The summed E-state index contributed by atoms with van der Waals surface area (Å²) in [6.07, 6.45) is 3.55. The molecule has 2 N–H and O–H groups in total. The lowest BCUT2D eigenvalue weighted by Crippen LogP contribution is -2.41. The normalized spacial score (nSPS) is 14.3. The van der Waals surface area contributed by atoms with Crippen molar-refractivity contribution < 1.29 is 22.0 Å². The van der Waals surface area contributed by atoms with Crippen LogP contribution in [0.15, 0.2) is 64.2 Å². The minimum Gasteiger partial charge on any atom is -0.445 e. The second-order valence-corrected chi connectivity index (χ2v) is 8.46. The molecule has 30 heavy (non-hydrogen) atoms. The van der Waals surface area contributed by atoms with E-state index >= 15 is 0 Å². The minimum absolute atomic E-state index is 0.293. The summed E-state index contributed by atoms with van der Waals surface area (Å²) in [6, 6.07) is 10.7. The maximum absolute atomic E-state index is 14.2. The Morgan fingerprint density at radius 1 is 1.13 bits per heavy atom. The van der Waals surface area contributed by atoms with Gasteiger partial charge in [0.15, 0.2) is 0 Å². The number of benzene rings is 2. The summed E-state index contributed by atoms with van der Waals surface area (Å²) >= 11 is 0. The number of fused-ring (bicyclic) bond motifs is 3. The van der Waals surface area contributed by atoms with Gasteiger partial charge >= 0.3 is 6.03 Å². The van der Waals surface area contributed by atoms with Crippen molar-refractivity contribution in [2.45, 2.75) is 11.3 Å². The van der Waals surface area contributed by atoms with Gasteiger partial charge in [-0.2, -0.15) is 0 Å². The molecule has 1 aliphatic rings. The van der Waals surface area contributed by atoms with Crippen LogP contribution in [0.4, 0.5) is 14.9 Å². The lowest BCUT2D eigenvalue weighted by molar-refractivity contribution is 0.246. The van der Waals surface area contributed by atoms with E-state index in [0.717, 1.165) is 17.7 Å². The van der Waals surface area contributed by atoms with Crippen LogP contribution in [-0.2, 0) is 16.4 Å². The Morgan fingerprint density at radius 2 is 1.90 bits per heavy atom. The van der Waals surface area contributed by atoms with Crippen molar-refractivity contribution in [1.82, 2.24) is 9.55 Å². The molecule has 8 nitrogen and oxygen atoms in total. The van der Waals surface area contributed by atoms with E-state index in [1.54, 1.807) is 41.4 Å². The zero-order valence-electron chi connectivity index (χ0n) is 15.4. The first-order valence-corrected chi connectivity index (χ1v) is 10.6. The van der Waals surface area contributed by atoms with Gasteiger partial charge < -0.3 is 4.42 Å². The molecule has 5 rings (SSSR count). The standard InChI is InChI=1S/C20H15FN4O4S/c21-16-10-13-9-15-5-7-24(14-3-1-12(2-4-14)19-23-6-8-29-19)20(26)25(15)17(13)11-18(16)30(22,27)28/h1-4,6,8-11H,5,7H2,(H2,22,27,28). The van der Waals surface area contributed by atoms with Crippen molar-refractivity contribution in [2.75, 3.05) is 11.4 Å². The number of carbonyl (C=O) groups is 1. The minimum atomic E-state index is -4.27. The number of primary sulfonamides is 1. The first-order valence-electron chi connectivity index (χ1n) is 9.01. The van der Waals surface area contributed by atoms with E-state index < -0.39 is 20.7 Å². The Balaban J connectivity index is 1.56. The second kappa shape index (κ2) is 6.51. The van der Waals surface area contributed by atoms with E-state index in [1.165, 1.54) is 10.8 Å². The Kier molecular flexibility index (Phi) is 4.02. The van der Waals surface area contributed by atoms with Gasteiger partial charge in [-0.15, -0.1) is 0 Å². The van der Waals surface area contributed by atoms with E-state index in [1.807, 2.05) is 0 Å². The fraction of sp³-hybridized carbons (Fsp3) is 0.100. The molecule has 0 bridgehead atoms. The van der Waals surface area contributed by atoms with Gasteiger partial charge in [0.2, 0.25) is 15.9 Å². The highest BCUT2D eigenvalue weighted by Crippen LogP contribution is 2.31. The van der Waals surface area contributed by atoms with Crippen molar-refractivity contribution in [3.05, 3.63) is 66.4 Å². The maximum Gasteiger partial charge on any atom is 0.333 e. The summed E-state index contributed by atoms with van der Waals surface area (Å²) in [5, 5.41) is 5.55. The molecule has 0 fully saturated rings. The number of sulfonamides is 1. The quantitative estimate of drug-likeness (QED) is 0.541. The maximum atomic E-state index is 14.2. The van der Waals surface area contributed by atoms with Gasteiger partial charge in [-0.05, 0) is 42.5 Å². The third-order valence-electron chi connectivity index (χ3n) is 5.11. The van der Waals surface area contributed by atoms with E-state index in [4.69, 9.17) is 9.56 Å². The van der Waals surface area contributed by atoms with E-state index in [9.17, 15) is 17.6 Å². The number of halogens is 1. The smallest absolute Gasteiger partial charge is 0.333 e. The van der Waals surface area contributed by atoms with Gasteiger partial charge in [0, 0.05) is 35.3 Å². The van der Waals surface area contributed by atoms with Gasteiger partial charge in [0.05, 0.1) is 11.7 Å². The van der Waals surface area contributed by atoms with Gasteiger partial charge in [-0.25, -0.2) is 27.7 Å². The number of carbonyl (C=O) groups excluding carboxylic acids is 1. The summed E-state index contributed by atoms with van der Waals surface area (Å²) in [7, 11) is -4.27. The molecule has 0 aliphatic carbocycles. The molecule has 3 heterocycles. The number of aromatic nitrogens is 2. The molecule has 1 aliphatic heterocycles. The van der Waals surface area contributed by atoms with Crippen LogP contribution in [-0.4, -0.2) is 30.5 Å². The molecular formula is C20H15FN4O4S. The first kappa shape index (κ1) is 18.5. The number of nitrogens with zero attached hydrogens (tertiary/aromatic N) is 3. The average Bonchev–Trinajstić information content (AvgIpc) is 3.35. The number of nitrogens with two attached hydrogens (primary N) is 1. The number of amides is 1. The molecule has 1 amide bonds. The number of anilines is 1. The van der Waals surface area contributed by atoms with Crippen molar-refractivity contribution in [1.29, 1.82) is 0 Å². The molecule has 0 radical (unpaired) electrons. The van der Waals surface area contributed by atoms with Crippen LogP contribution in [0.25, 0.3) is 22.4 Å². The molecule has 0 atom stereocenters. The summed E-state index contributed by atoms with van der Waals surface area (Å²) in [5.74, 6) is -0.470. The molecule has 2 aromatic heterocycles. The number of rotatable bonds is 3. The monoisotopic (exact) mass is 426 g/mol. The van der Waals surface area contributed by atoms with Crippen LogP contribution in [0.2, 0.25) is 0 Å². The largest absolute Gasteiger partial charge is 0.445 e. The molecular weight excluding hydrogens is 411 g/mol. The SMILES string of the molecule is NS(=O)(=O)c1cc2c(cc1F)cc1n2C(=O)N(c2ccc(-c3ncco3)cc2)CC1. The van der Waals surface area contributed by atoms with Crippen LogP contribution in [0.1, 0.15) is 5.69 Å². The summed E-state index contributed by atoms with van der Waals surface area (Å²) in [4.78, 5) is 18.3. The fourth-order valence-corrected chi connectivity index (χ4v) is 4.33. The second-order valence-electron chi connectivity index (χ2n) is 6.93. The van der Waals surface area contributed by atoms with Gasteiger partial charge in [-0.1, -0.05) is 0 Å². The lowest BCUT2D eigenvalue weighted by Gasteiger charge is -2.29. The van der Waals surface area contributed by atoms with Crippen LogP contribution in [0, 0.1) is 5.82 Å². The zero-order valence-corrected chi connectivity index (χ0v) is 16.3. The topological polar surface area (TPSA) is 111 Å². The van der Waals surface area contributed by atoms with Gasteiger partial charge in [0.25, 0.3) is 0 Å². The Bertz CT molecular complexity index is 1390. The Morgan fingerprint density at radius 3 is 2.57 bits per heavy atom. The van der Waals surface area contributed by atoms with Crippen LogP contribution in [0.3, 0.4) is 0 Å². The molecule has 2 aromatic carbocycles. The highest BCUT2D eigenvalue weighted by molar-refractivity contribution is 7.89. The van der Waals surface area contributed by atoms with Crippen LogP contribution in [0.5, 0.6) is 0 Å². The summed E-state index contributed by atoms with van der Waals surface area (Å²) < 4.78 is 44.3. The van der Waals surface area contributed by atoms with Crippen molar-refractivity contribution >= 4 is 32.6 Å². The van der Waals surface area contributed by atoms with Crippen molar-refractivity contribution in [2.24, 2.45) is 5.14 Å². The molecule has 10 heteroatoms. The van der Waals surface area contributed by atoms with Gasteiger partial charge in [-0.3, -0.25) is 9.47 Å². The molecule has 0 saturated heterocycles. The highest BCUT2D eigenvalue weighted by atomic mass is 32.2. The predicted octanol–water partition coefficient (Wildman–Crippen LogP) is 3.11. The van der Waals surface area contributed by atoms with Crippen molar-refractivity contribution in [3.63, 3.8) is 0 Å². The van der Waals surface area contributed by atoms with Crippen molar-refractivity contribution in [3.8, 4) is 11.5 Å². The molecule has 0 saturated carbocycles. The summed E-state index contributed by atoms with van der Waals surface area (Å²) in [6.45, 7) is 0.429. The zero-order chi connectivity index (χ0) is 21.0. The number of oxazole rings is 1. The third kappa shape index (κ3) is 2.88. The highest BCUT2D eigenvalue weighted by Gasteiger charge is 2.28. The molecule has 4 aromatic rings. The van der Waals surface area contributed by atoms with E-state index in [0.29, 0.717) is 41.1 Å². The molecule has 0 spiro atoms. The predicted molar refractivity (Wildman–Crippen MR) is 107 cm³/mol. The Labute approximate surface area is 170 Å². The van der Waals surface area contributed by atoms with Crippen LogP contribution < -0.4 is 10.0 Å². The lowest BCUT2D eigenvalue weighted by atomic mass is 10.1. The van der Waals surface area contributed by atoms with E-state index in [2.05, 4.69) is 4.98 Å². The average molecular weight is 426 g/mol. The third-order valence-corrected chi connectivity index (χ3v) is 6.04. The van der Waals surface area contributed by atoms with E-state index in [-0.39, 0.29) is 6.03 Å². The first-order chi connectivity index (χ1) is 14.3. The summed E-state index contributed by atoms with van der Waals surface area (Å²) in [5.41, 5.74) is 2.40. The van der Waals surface area contributed by atoms with Gasteiger partial charge in [0.1, 0.15) is 17.0 Å². The Hall–Kier alpha value is -3.50. The molecule has 152 valence electrons. The molecule has 0 unspecified atom stereocenters. The number of hydrogen-bond donors (Lipinski definition) is 1. The number of hydrogen-bond acceptors (Lipinski definition) is 5. The van der Waals surface area contributed by atoms with Crippen LogP contribution >= 0.6 is 0 Å².